The molecule has 1 aliphatic rings. The molecule has 19 heavy (non-hydrogen) atoms. The van der Waals surface area contributed by atoms with Crippen LogP contribution in [0.25, 0.3) is 0 Å². The number of carbonyl (C=O) groups excluding carboxylic acids is 1. The molecule has 1 aromatic heterocycles. The summed E-state index contributed by atoms with van der Waals surface area (Å²) in [4.78, 5) is 12.0. The largest absolute Gasteiger partial charge is 0.294 e. The number of aromatic nitrogens is 2. The topological polar surface area (TPSA) is 69.0 Å². The van der Waals surface area contributed by atoms with Crippen molar-refractivity contribution >= 4 is 15.6 Å². The molecule has 0 unspecified atom stereocenters. The monoisotopic (exact) mass is 284 g/mol. The molecule has 2 rings (SSSR count). The van der Waals surface area contributed by atoms with Gasteiger partial charge in [-0.1, -0.05) is 20.8 Å². The Labute approximate surface area is 113 Å². The molecule has 0 N–H and O–H groups in total. The molecule has 0 spiro atoms. The van der Waals surface area contributed by atoms with Crippen LogP contribution in [0.3, 0.4) is 0 Å². The quantitative estimate of drug-likeness (QED) is 0.839. The van der Waals surface area contributed by atoms with E-state index in [1.54, 1.807) is 17.8 Å². The first-order valence-corrected chi connectivity index (χ1v) is 8.34. The zero-order valence-electron chi connectivity index (χ0n) is 11.6. The lowest BCUT2D eigenvalue weighted by Crippen LogP contribution is -2.28. The number of nitrogens with zero attached hydrogens (tertiary/aromatic N) is 2. The number of aryl methyl sites for hydroxylation is 1. The average molecular weight is 284 g/mol. The van der Waals surface area contributed by atoms with Crippen LogP contribution in [0.4, 0.5) is 0 Å². The van der Waals surface area contributed by atoms with Crippen molar-refractivity contribution < 1.29 is 13.2 Å². The highest BCUT2D eigenvalue weighted by Gasteiger charge is 2.33. The van der Waals surface area contributed by atoms with Crippen molar-refractivity contribution in [3.8, 4) is 0 Å². The highest BCUT2D eigenvalue weighted by Crippen LogP contribution is 2.34. The van der Waals surface area contributed by atoms with Crippen molar-refractivity contribution in [2.75, 3.05) is 11.5 Å². The molecule has 0 radical (unpaired) electrons. The van der Waals surface area contributed by atoms with E-state index in [4.69, 9.17) is 0 Å². The Balaban J connectivity index is 2.24. The Kier molecular flexibility index (Phi) is 3.55. The first kappa shape index (κ1) is 14.2. The van der Waals surface area contributed by atoms with E-state index < -0.39 is 9.84 Å². The summed E-state index contributed by atoms with van der Waals surface area (Å²) in [5.74, 6) is 0.323. The van der Waals surface area contributed by atoms with Crippen LogP contribution < -0.4 is 0 Å². The fourth-order valence-corrected chi connectivity index (χ4v) is 3.18. The number of ketones is 1. The van der Waals surface area contributed by atoms with Crippen LogP contribution in [-0.4, -0.2) is 35.5 Å². The molecule has 6 heteroatoms. The van der Waals surface area contributed by atoms with Gasteiger partial charge in [0.1, 0.15) is 0 Å². The second kappa shape index (κ2) is 4.74. The second-order valence-corrected chi connectivity index (χ2v) is 8.38. The molecule has 0 atom stereocenters. The summed E-state index contributed by atoms with van der Waals surface area (Å²) in [6.45, 7) is 6.07. The first-order chi connectivity index (χ1) is 8.74. The van der Waals surface area contributed by atoms with Crippen molar-refractivity contribution in [2.45, 2.75) is 40.2 Å². The highest BCUT2D eigenvalue weighted by atomic mass is 32.2. The van der Waals surface area contributed by atoms with E-state index in [1.165, 1.54) is 0 Å². The molecule has 0 amide bonds. The predicted octanol–water partition coefficient (Wildman–Crippen LogP) is 1.47. The van der Waals surface area contributed by atoms with Crippen molar-refractivity contribution in [1.82, 2.24) is 9.78 Å². The van der Waals surface area contributed by atoms with Gasteiger partial charge in [0.2, 0.25) is 0 Å². The van der Waals surface area contributed by atoms with Crippen LogP contribution in [0.2, 0.25) is 0 Å². The van der Waals surface area contributed by atoms with Gasteiger partial charge >= 0.3 is 0 Å². The molecule has 0 aliphatic heterocycles. The van der Waals surface area contributed by atoms with Gasteiger partial charge in [0.25, 0.3) is 0 Å². The minimum Gasteiger partial charge on any atom is -0.294 e. The lowest BCUT2D eigenvalue weighted by molar-refractivity contribution is 0.0910. The van der Waals surface area contributed by atoms with E-state index >= 15 is 0 Å². The Morgan fingerprint density at radius 1 is 1.37 bits per heavy atom. The van der Waals surface area contributed by atoms with E-state index in [9.17, 15) is 13.2 Å². The fourth-order valence-electron chi connectivity index (χ4n) is 2.44. The van der Waals surface area contributed by atoms with Gasteiger partial charge in [-0.05, 0) is 11.8 Å². The molecular weight excluding hydrogens is 264 g/mol. The fraction of sp³-hybridized carbons (Fsp3) is 0.692. The molecule has 0 bridgehead atoms. The zero-order valence-corrected chi connectivity index (χ0v) is 12.5. The molecule has 5 nitrogen and oxygen atoms in total. The van der Waals surface area contributed by atoms with Gasteiger partial charge in [-0.15, -0.1) is 0 Å². The molecular formula is C13H20N2O3S. The molecule has 0 aromatic carbocycles. The number of hydrogen-bond donors (Lipinski definition) is 0. The Morgan fingerprint density at radius 2 is 2.05 bits per heavy atom. The van der Waals surface area contributed by atoms with E-state index in [1.807, 2.05) is 13.8 Å². The van der Waals surface area contributed by atoms with Crippen LogP contribution in [0.1, 0.15) is 43.2 Å². The third kappa shape index (κ3) is 3.05. The lowest BCUT2D eigenvalue weighted by Gasteiger charge is -2.28. The van der Waals surface area contributed by atoms with E-state index in [0.29, 0.717) is 18.5 Å². The van der Waals surface area contributed by atoms with Crippen LogP contribution in [0.15, 0.2) is 6.20 Å². The van der Waals surface area contributed by atoms with Crippen molar-refractivity contribution in [2.24, 2.45) is 5.41 Å². The van der Waals surface area contributed by atoms with Crippen molar-refractivity contribution in [3.05, 3.63) is 17.5 Å². The molecule has 0 saturated carbocycles. The minimum absolute atomic E-state index is 0.0756. The maximum Gasteiger partial charge on any atom is 0.166 e. The van der Waals surface area contributed by atoms with Crippen LogP contribution in [0, 0.1) is 5.41 Å². The molecule has 0 saturated heterocycles. The summed E-state index contributed by atoms with van der Waals surface area (Å²) in [5, 5.41) is 4.18. The lowest BCUT2D eigenvalue weighted by atomic mass is 9.76. The number of hydrogen-bond acceptors (Lipinski definition) is 4. The van der Waals surface area contributed by atoms with E-state index in [-0.39, 0.29) is 22.7 Å². The maximum atomic E-state index is 12.0. The van der Waals surface area contributed by atoms with Gasteiger partial charge < -0.3 is 0 Å². The smallest absolute Gasteiger partial charge is 0.166 e. The summed E-state index contributed by atoms with van der Waals surface area (Å²) in [6.07, 6.45) is 2.87. The zero-order chi connectivity index (χ0) is 14.3. The first-order valence-electron chi connectivity index (χ1n) is 6.52. The summed E-state index contributed by atoms with van der Waals surface area (Å²) >= 11 is 0. The SMILES string of the molecule is CCS(=O)(=O)CCn1ncc2c1CC(C)(C)CC2=O. The Bertz CT molecular complexity index is 599. The molecule has 1 aromatic rings. The number of sulfone groups is 1. The summed E-state index contributed by atoms with van der Waals surface area (Å²) in [7, 11) is -3.01. The average Bonchev–Trinajstić information content (AvgIpc) is 2.68. The van der Waals surface area contributed by atoms with Gasteiger partial charge in [-0.3, -0.25) is 9.48 Å². The maximum absolute atomic E-state index is 12.0. The van der Waals surface area contributed by atoms with Crippen molar-refractivity contribution in [1.29, 1.82) is 0 Å². The van der Waals surface area contributed by atoms with E-state index in [2.05, 4.69) is 5.10 Å². The number of carbonyl (C=O) groups is 1. The Hall–Kier alpha value is -1.17. The van der Waals surface area contributed by atoms with Gasteiger partial charge in [-0.2, -0.15) is 5.10 Å². The number of fused-ring (bicyclic) bond motifs is 1. The summed E-state index contributed by atoms with van der Waals surface area (Å²) in [5.41, 5.74) is 1.46. The standard InChI is InChI=1S/C13H20N2O3S/c1-4-19(17,18)6-5-15-11-7-13(2,3)8-12(16)10(11)9-14-15/h9H,4-8H2,1-3H3. The second-order valence-electron chi connectivity index (χ2n) is 5.91. The van der Waals surface area contributed by atoms with Gasteiger partial charge in [0.15, 0.2) is 15.6 Å². The van der Waals surface area contributed by atoms with Gasteiger partial charge in [-0.25, -0.2) is 8.42 Å². The van der Waals surface area contributed by atoms with Gasteiger partial charge in [0.05, 0.1) is 24.1 Å². The molecule has 106 valence electrons. The van der Waals surface area contributed by atoms with Crippen LogP contribution in [0.5, 0.6) is 0 Å². The third-order valence-electron chi connectivity index (χ3n) is 3.59. The minimum atomic E-state index is -3.01. The number of Topliss-reactive ketones (excluding diaryl/α,β-unsaturated/α-hetero) is 1. The third-order valence-corrected chi connectivity index (χ3v) is 5.27. The van der Waals surface area contributed by atoms with Crippen LogP contribution >= 0.6 is 0 Å². The normalized spacial score (nSPS) is 18.4. The molecule has 1 aliphatic carbocycles. The summed E-state index contributed by atoms with van der Waals surface area (Å²) < 4.78 is 24.8. The van der Waals surface area contributed by atoms with Crippen LogP contribution in [-0.2, 0) is 22.8 Å². The highest BCUT2D eigenvalue weighted by molar-refractivity contribution is 7.91. The molecule has 1 heterocycles. The predicted molar refractivity (Wildman–Crippen MR) is 73.0 cm³/mol. The number of rotatable bonds is 4. The van der Waals surface area contributed by atoms with E-state index in [0.717, 1.165) is 12.1 Å². The van der Waals surface area contributed by atoms with Gasteiger partial charge in [0, 0.05) is 17.9 Å². The molecule has 0 fully saturated rings. The summed E-state index contributed by atoms with van der Waals surface area (Å²) in [6, 6.07) is 0. The Morgan fingerprint density at radius 3 is 2.68 bits per heavy atom. The van der Waals surface area contributed by atoms with Crippen molar-refractivity contribution in [3.63, 3.8) is 0 Å².